The first-order chi connectivity index (χ1) is 13.9. The Bertz CT molecular complexity index is 1140. The first-order valence-corrected chi connectivity index (χ1v) is 10.8. The molecular weight excluding hydrogens is 393 g/mol. The van der Waals surface area contributed by atoms with Crippen LogP contribution < -0.4 is 16.1 Å². The normalized spacial score (nSPS) is 24.6. The van der Waals surface area contributed by atoms with Crippen LogP contribution in [0.3, 0.4) is 0 Å². The van der Waals surface area contributed by atoms with Gasteiger partial charge < -0.3 is 19.9 Å². The lowest BCUT2D eigenvalue weighted by molar-refractivity contribution is 0.0518. The van der Waals surface area contributed by atoms with Crippen molar-refractivity contribution in [2.24, 2.45) is 5.73 Å². The van der Waals surface area contributed by atoms with Gasteiger partial charge in [0.2, 0.25) is 5.43 Å². The molecule has 2 aromatic rings. The fraction of sp³-hybridized carbons (Fsp3) is 0.429. The van der Waals surface area contributed by atoms with Gasteiger partial charge in [-0.1, -0.05) is 23.9 Å². The van der Waals surface area contributed by atoms with Gasteiger partial charge in [0.25, 0.3) is 0 Å². The highest BCUT2D eigenvalue weighted by molar-refractivity contribution is 8.00. The van der Waals surface area contributed by atoms with Gasteiger partial charge in [-0.15, -0.1) is 0 Å². The van der Waals surface area contributed by atoms with Crippen LogP contribution >= 0.6 is 11.8 Å². The Kier molecular flexibility index (Phi) is 4.25. The second-order valence-corrected chi connectivity index (χ2v) is 9.08. The lowest BCUT2D eigenvalue weighted by Crippen LogP contribution is -2.33. The molecule has 3 atom stereocenters. The average Bonchev–Trinajstić information content (AvgIpc) is 2.92. The van der Waals surface area contributed by atoms with Crippen molar-refractivity contribution in [3.8, 4) is 0 Å². The van der Waals surface area contributed by atoms with Gasteiger partial charge in [-0.05, 0) is 32.8 Å². The summed E-state index contributed by atoms with van der Waals surface area (Å²) in [5, 5.41) is 0.838. The maximum absolute atomic E-state index is 15.4. The molecule has 0 bridgehead atoms. The fourth-order valence-corrected chi connectivity index (χ4v) is 5.93. The predicted molar refractivity (Wildman–Crippen MR) is 112 cm³/mol. The summed E-state index contributed by atoms with van der Waals surface area (Å²) in [6.07, 6.45) is 5.55. The summed E-state index contributed by atoms with van der Waals surface area (Å²) in [7, 11) is 0. The number of halogens is 1. The van der Waals surface area contributed by atoms with Crippen LogP contribution in [-0.4, -0.2) is 35.8 Å². The molecule has 1 unspecified atom stereocenters. The number of esters is 1. The van der Waals surface area contributed by atoms with Gasteiger partial charge in [-0.2, -0.15) is 0 Å². The number of nitrogens with two attached hydrogens (primary N) is 1. The van der Waals surface area contributed by atoms with Crippen molar-refractivity contribution in [3.05, 3.63) is 39.3 Å². The summed E-state index contributed by atoms with van der Waals surface area (Å²) in [5.74, 6) is -1.11. The number of hydrogen-bond acceptors (Lipinski definition) is 6. The van der Waals surface area contributed by atoms with Gasteiger partial charge in [-0.25, -0.2) is 9.18 Å². The molecule has 1 aromatic carbocycles. The highest BCUT2D eigenvalue weighted by atomic mass is 32.2. The van der Waals surface area contributed by atoms with E-state index in [1.165, 1.54) is 17.8 Å². The smallest absolute Gasteiger partial charge is 0.344 e. The highest BCUT2D eigenvalue weighted by Gasteiger charge is 2.38. The van der Waals surface area contributed by atoms with Crippen LogP contribution in [0.4, 0.5) is 10.1 Å². The molecule has 1 fully saturated rings. The van der Waals surface area contributed by atoms with Crippen LogP contribution in [0.2, 0.25) is 0 Å². The number of hydrogen-bond donors (Lipinski definition) is 1. The third-order valence-corrected chi connectivity index (χ3v) is 7.14. The zero-order valence-electron chi connectivity index (χ0n) is 16.3. The summed E-state index contributed by atoms with van der Waals surface area (Å²) >= 11 is 1.45. The predicted octanol–water partition coefficient (Wildman–Crippen LogP) is 3.26. The number of aromatic nitrogens is 1. The first-order valence-electron chi connectivity index (χ1n) is 9.89. The maximum atomic E-state index is 15.4. The highest BCUT2D eigenvalue weighted by Crippen LogP contribution is 2.49. The summed E-state index contributed by atoms with van der Waals surface area (Å²) in [6.45, 7) is 4.46. The minimum Gasteiger partial charge on any atom is -0.462 e. The molecule has 2 N–H and O–H groups in total. The summed E-state index contributed by atoms with van der Waals surface area (Å²) in [6, 6.07) is 1.44. The number of nitrogens with zero attached hydrogens (tertiary/aromatic N) is 2. The van der Waals surface area contributed by atoms with Gasteiger partial charge in [0, 0.05) is 24.2 Å². The monoisotopic (exact) mass is 415 g/mol. The maximum Gasteiger partial charge on any atom is 0.344 e. The van der Waals surface area contributed by atoms with Gasteiger partial charge in [0.1, 0.15) is 11.4 Å². The van der Waals surface area contributed by atoms with Crippen LogP contribution in [0.1, 0.15) is 48.0 Å². The molecule has 6 nitrogen and oxygen atoms in total. The standard InChI is InChI=1S/C21H22FN3O3S/c1-3-28-21(27)16-19(26)14-8-15(22)18-13(17(14)25-10(2)29-20(16)25)6-4-5-12-7-11(23)9-24(12)18/h4,6,8,10-12H,3,5,7,9,23H2,1-2H3/t10?,11-,12+/m0/s1. The Morgan fingerprint density at radius 2 is 2.24 bits per heavy atom. The minimum atomic E-state index is -0.654. The molecule has 0 saturated carbocycles. The molecule has 0 amide bonds. The lowest BCUT2D eigenvalue weighted by atomic mass is 10.0. The largest absolute Gasteiger partial charge is 0.462 e. The number of rotatable bonds is 2. The summed E-state index contributed by atoms with van der Waals surface area (Å²) < 4.78 is 22.4. The van der Waals surface area contributed by atoms with E-state index in [0.29, 0.717) is 28.3 Å². The molecule has 1 saturated heterocycles. The number of pyridine rings is 1. The molecule has 0 spiro atoms. The van der Waals surface area contributed by atoms with Gasteiger partial charge in [-0.3, -0.25) is 4.79 Å². The summed E-state index contributed by atoms with van der Waals surface area (Å²) in [4.78, 5) is 27.7. The van der Waals surface area contributed by atoms with Crippen molar-refractivity contribution in [1.82, 2.24) is 4.57 Å². The van der Waals surface area contributed by atoms with Gasteiger partial charge in [0.05, 0.1) is 33.6 Å². The number of fused-ring (bicyclic) bond motifs is 7. The van der Waals surface area contributed by atoms with E-state index in [4.69, 9.17) is 10.5 Å². The number of ether oxygens (including phenoxy) is 1. The van der Waals surface area contributed by atoms with E-state index in [9.17, 15) is 9.59 Å². The van der Waals surface area contributed by atoms with Crippen molar-refractivity contribution >= 4 is 40.4 Å². The third kappa shape index (κ3) is 2.58. The second-order valence-electron chi connectivity index (χ2n) is 7.77. The van der Waals surface area contributed by atoms with Crippen LogP contribution in [0.25, 0.3) is 17.0 Å². The molecule has 3 aliphatic rings. The van der Waals surface area contributed by atoms with Crippen molar-refractivity contribution in [3.63, 3.8) is 0 Å². The third-order valence-electron chi connectivity index (χ3n) is 5.96. The van der Waals surface area contributed by atoms with E-state index in [-0.39, 0.29) is 35.0 Å². The van der Waals surface area contributed by atoms with Crippen molar-refractivity contribution < 1.29 is 13.9 Å². The Labute approximate surface area is 171 Å². The van der Waals surface area contributed by atoms with Crippen molar-refractivity contribution in [1.29, 1.82) is 0 Å². The summed E-state index contributed by atoms with van der Waals surface area (Å²) in [5.41, 5.74) is 7.56. The lowest BCUT2D eigenvalue weighted by Gasteiger charge is -2.35. The molecule has 8 heteroatoms. The van der Waals surface area contributed by atoms with Crippen molar-refractivity contribution in [2.75, 3.05) is 18.1 Å². The van der Waals surface area contributed by atoms with Crippen molar-refractivity contribution in [2.45, 2.75) is 49.2 Å². The number of anilines is 1. The molecule has 3 aliphatic heterocycles. The van der Waals surface area contributed by atoms with E-state index in [0.717, 1.165) is 12.8 Å². The Hall–Kier alpha value is -2.32. The Morgan fingerprint density at radius 1 is 1.45 bits per heavy atom. The van der Waals surface area contributed by atoms with Crippen LogP contribution in [0, 0.1) is 5.82 Å². The van der Waals surface area contributed by atoms with E-state index >= 15 is 4.39 Å². The molecule has 1 aromatic heterocycles. The molecule has 152 valence electrons. The van der Waals surface area contributed by atoms with Crippen LogP contribution in [0.5, 0.6) is 0 Å². The molecular formula is C21H22FN3O3S. The molecule has 5 rings (SSSR count). The zero-order chi connectivity index (χ0) is 20.4. The quantitative estimate of drug-likeness (QED) is 0.759. The number of benzene rings is 1. The molecule has 4 heterocycles. The van der Waals surface area contributed by atoms with E-state index < -0.39 is 17.2 Å². The molecule has 0 radical (unpaired) electrons. The van der Waals surface area contributed by atoms with Gasteiger partial charge in [0.15, 0.2) is 0 Å². The minimum absolute atomic E-state index is 0.000438. The molecule has 29 heavy (non-hydrogen) atoms. The Morgan fingerprint density at radius 3 is 2.97 bits per heavy atom. The average molecular weight is 415 g/mol. The Balaban J connectivity index is 1.85. The van der Waals surface area contributed by atoms with Crippen LogP contribution in [0.15, 0.2) is 22.0 Å². The zero-order valence-corrected chi connectivity index (χ0v) is 17.1. The number of carbonyl (C=O) groups excluding carboxylic acids is 1. The topological polar surface area (TPSA) is 77.6 Å². The SMILES string of the molecule is CCOC(=O)c1c2n(c3c4c(c(F)cc3c1=O)N1C[C@@H](N)C[C@H]1CC=C4)C(C)S2. The first kappa shape index (κ1) is 18.7. The van der Waals surface area contributed by atoms with Gasteiger partial charge >= 0.3 is 5.97 Å². The number of thioether (sulfide) groups is 1. The van der Waals surface area contributed by atoms with E-state index in [1.54, 1.807) is 6.92 Å². The second kappa shape index (κ2) is 6.60. The van der Waals surface area contributed by atoms with E-state index in [2.05, 4.69) is 0 Å². The molecule has 0 aliphatic carbocycles. The van der Waals surface area contributed by atoms with E-state index in [1.807, 2.05) is 28.5 Å². The number of carbonyl (C=O) groups is 1. The fourth-order valence-electron chi connectivity index (χ4n) is 4.79. The van der Waals surface area contributed by atoms with Crippen LogP contribution in [-0.2, 0) is 4.74 Å².